The maximum atomic E-state index is 3.39. The lowest BCUT2D eigenvalue weighted by Crippen LogP contribution is -2.09. The first-order valence-electron chi connectivity index (χ1n) is 6.34. The number of hydrogen-bond acceptors (Lipinski definition) is 2. The van der Waals surface area contributed by atoms with Crippen molar-refractivity contribution in [3.8, 4) is 11.1 Å². The Labute approximate surface area is 109 Å². The van der Waals surface area contributed by atoms with E-state index in [0.717, 1.165) is 5.69 Å². The standard InChI is InChI=1S/C16H20N2/c1-12(2)18-16-10-6-14(7-11-16)13-4-8-15(17-3)9-5-13/h4-12,17-18H,1-3H3. The van der Waals surface area contributed by atoms with Gasteiger partial charge in [-0.25, -0.2) is 0 Å². The van der Waals surface area contributed by atoms with E-state index in [1.165, 1.54) is 16.8 Å². The van der Waals surface area contributed by atoms with Gasteiger partial charge in [-0.05, 0) is 49.2 Å². The smallest absolute Gasteiger partial charge is 0.0342 e. The SMILES string of the molecule is CNc1ccc(-c2ccc(NC(C)C)cc2)cc1. The Morgan fingerprint density at radius 2 is 1.17 bits per heavy atom. The minimum atomic E-state index is 0.464. The molecule has 2 rings (SSSR count). The van der Waals surface area contributed by atoms with Gasteiger partial charge in [-0.2, -0.15) is 0 Å². The minimum Gasteiger partial charge on any atom is -0.388 e. The molecule has 0 bridgehead atoms. The van der Waals surface area contributed by atoms with Crippen molar-refractivity contribution in [3.05, 3.63) is 48.5 Å². The molecular weight excluding hydrogens is 220 g/mol. The Balaban J connectivity index is 2.17. The Morgan fingerprint density at radius 1 is 0.722 bits per heavy atom. The van der Waals surface area contributed by atoms with Gasteiger partial charge in [-0.1, -0.05) is 24.3 Å². The van der Waals surface area contributed by atoms with Crippen LogP contribution in [0.25, 0.3) is 11.1 Å². The Kier molecular flexibility index (Phi) is 3.88. The van der Waals surface area contributed by atoms with Crippen molar-refractivity contribution in [2.24, 2.45) is 0 Å². The zero-order valence-corrected chi connectivity index (χ0v) is 11.2. The number of hydrogen-bond donors (Lipinski definition) is 2. The highest BCUT2D eigenvalue weighted by Crippen LogP contribution is 2.23. The van der Waals surface area contributed by atoms with E-state index in [0.29, 0.717) is 6.04 Å². The fourth-order valence-electron chi connectivity index (χ4n) is 1.92. The van der Waals surface area contributed by atoms with Crippen LogP contribution in [0.15, 0.2) is 48.5 Å². The van der Waals surface area contributed by atoms with Crippen molar-refractivity contribution in [2.45, 2.75) is 19.9 Å². The van der Waals surface area contributed by atoms with Gasteiger partial charge >= 0.3 is 0 Å². The van der Waals surface area contributed by atoms with E-state index in [1.807, 2.05) is 7.05 Å². The zero-order valence-electron chi connectivity index (χ0n) is 11.2. The molecule has 0 aromatic heterocycles. The van der Waals surface area contributed by atoms with Crippen molar-refractivity contribution in [2.75, 3.05) is 17.7 Å². The predicted molar refractivity (Wildman–Crippen MR) is 80.2 cm³/mol. The molecule has 0 spiro atoms. The summed E-state index contributed by atoms with van der Waals surface area (Å²) in [7, 11) is 1.93. The summed E-state index contributed by atoms with van der Waals surface area (Å²) >= 11 is 0. The third-order valence-electron chi connectivity index (χ3n) is 2.85. The van der Waals surface area contributed by atoms with Crippen molar-refractivity contribution < 1.29 is 0 Å². The molecule has 2 N–H and O–H groups in total. The lowest BCUT2D eigenvalue weighted by molar-refractivity contribution is 0.900. The zero-order chi connectivity index (χ0) is 13.0. The van der Waals surface area contributed by atoms with Crippen molar-refractivity contribution in [1.29, 1.82) is 0 Å². The van der Waals surface area contributed by atoms with E-state index in [4.69, 9.17) is 0 Å². The van der Waals surface area contributed by atoms with Gasteiger partial charge in [0.05, 0.1) is 0 Å². The molecule has 0 aliphatic carbocycles. The molecule has 0 saturated heterocycles. The fraction of sp³-hybridized carbons (Fsp3) is 0.250. The first kappa shape index (κ1) is 12.5. The summed E-state index contributed by atoms with van der Waals surface area (Å²) in [5.41, 5.74) is 4.79. The Bertz CT molecular complexity index is 484. The molecule has 0 heterocycles. The molecule has 2 aromatic carbocycles. The van der Waals surface area contributed by atoms with Crippen LogP contribution in [-0.2, 0) is 0 Å². The van der Waals surface area contributed by atoms with Crippen molar-refractivity contribution in [3.63, 3.8) is 0 Å². The van der Waals surface area contributed by atoms with Gasteiger partial charge in [-0.3, -0.25) is 0 Å². The first-order valence-corrected chi connectivity index (χ1v) is 6.34. The average molecular weight is 240 g/mol. The van der Waals surface area contributed by atoms with Crippen LogP contribution < -0.4 is 10.6 Å². The Hall–Kier alpha value is -1.96. The summed E-state index contributed by atoms with van der Waals surface area (Å²) in [6, 6.07) is 17.5. The molecule has 0 saturated carbocycles. The Morgan fingerprint density at radius 3 is 1.56 bits per heavy atom. The second-order valence-corrected chi connectivity index (χ2v) is 4.70. The van der Waals surface area contributed by atoms with Crippen LogP contribution in [0.4, 0.5) is 11.4 Å². The van der Waals surface area contributed by atoms with Gasteiger partial charge in [0.15, 0.2) is 0 Å². The molecule has 0 atom stereocenters. The van der Waals surface area contributed by atoms with Gasteiger partial charge in [0.2, 0.25) is 0 Å². The summed E-state index contributed by atoms with van der Waals surface area (Å²) in [6.45, 7) is 4.29. The third kappa shape index (κ3) is 3.04. The topological polar surface area (TPSA) is 24.1 Å². The quantitative estimate of drug-likeness (QED) is 0.836. The maximum Gasteiger partial charge on any atom is 0.0342 e. The second-order valence-electron chi connectivity index (χ2n) is 4.70. The lowest BCUT2D eigenvalue weighted by Gasteiger charge is -2.10. The van der Waals surface area contributed by atoms with Crippen LogP contribution in [0.2, 0.25) is 0 Å². The molecule has 18 heavy (non-hydrogen) atoms. The molecule has 0 amide bonds. The summed E-state index contributed by atoms with van der Waals surface area (Å²) < 4.78 is 0. The van der Waals surface area contributed by atoms with Gasteiger partial charge in [0.25, 0.3) is 0 Å². The van der Waals surface area contributed by atoms with Crippen LogP contribution >= 0.6 is 0 Å². The fourth-order valence-corrected chi connectivity index (χ4v) is 1.92. The van der Waals surface area contributed by atoms with E-state index in [-0.39, 0.29) is 0 Å². The maximum absolute atomic E-state index is 3.39. The van der Waals surface area contributed by atoms with E-state index >= 15 is 0 Å². The van der Waals surface area contributed by atoms with E-state index in [1.54, 1.807) is 0 Å². The second kappa shape index (κ2) is 5.58. The predicted octanol–water partition coefficient (Wildman–Crippen LogP) is 4.22. The third-order valence-corrected chi connectivity index (χ3v) is 2.85. The molecule has 2 nitrogen and oxygen atoms in total. The number of benzene rings is 2. The van der Waals surface area contributed by atoms with Crippen LogP contribution in [0, 0.1) is 0 Å². The van der Waals surface area contributed by atoms with E-state index in [9.17, 15) is 0 Å². The number of anilines is 2. The number of rotatable bonds is 4. The largest absolute Gasteiger partial charge is 0.388 e. The van der Waals surface area contributed by atoms with Gasteiger partial charge in [0.1, 0.15) is 0 Å². The minimum absolute atomic E-state index is 0.464. The molecule has 0 fully saturated rings. The summed E-state index contributed by atoms with van der Waals surface area (Å²) in [5.74, 6) is 0. The summed E-state index contributed by atoms with van der Waals surface area (Å²) in [6.07, 6.45) is 0. The highest BCUT2D eigenvalue weighted by Gasteiger charge is 1.99. The summed E-state index contributed by atoms with van der Waals surface area (Å²) in [5, 5.41) is 6.52. The molecule has 94 valence electrons. The average Bonchev–Trinajstić information content (AvgIpc) is 2.39. The van der Waals surface area contributed by atoms with Crippen LogP contribution in [-0.4, -0.2) is 13.1 Å². The normalized spacial score (nSPS) is 10.4. The molecule has 2 aromatic rings. The first-order chi connectivity index (χ1) is 8.69. The molecule has 0 radical (unpaired) electrons. The molecule has 0 unspecified atom stereocenters. The van der Waals surface area contributed by atoms with Crippen LogP contribution in [0.1, 0.15) is 13.8 Å². The van der Waals surface area contributed by atoms with Crippen molar-refractivity contribution in [1.82, 2.24) is 0 Å². The van der Waals surface area contributed by atoms with Gasteiger partial charge in [-0.15, -0.1) is 0 Å². The number of nitrogens with one attached hydrogen (secondary N) is 2. The monoisotopic (exact) mass is 240 g/mol. The van der Waals surface area contributed by atoms with Crippen molar-refractivity contribution >= 4 is 11.4 Å². The van der Waals surface area contributed by atoms with Gasteiger partial charge in [0, 0.05) is 24.5 Å². The van der Waals surface area contributed by atoms with Gasteiger partial charge < -0.3 is 10.6 Å². The summed E-state index contributed by atoms with van der Waals surface area (Å²) in [4.78, 5) is 0. The highest BCUT2D eigenvalue weighted by atomic mass is 14.9. The van der Waals surface area contributed by atoms with Crippen LogP contribution in [0.5, 0.6) is 0 Å². The molecule has 0 aliphatic heterocycles. The molecule has 2 heteroatoms. The van der Waals surface area contributed by atoms with E-state index < -0.39 is 0 Å². The van der Waals surface area contributed by atoms with E-state index in [2.05, 4.69) is 73.0 Å². The molecular formula is C16H20N2. The lowest BCUT2D eigenvalue weighted by atomic mass is 10.0. The highest BCUT2D eigenvalue weighted by molar-refractivity contribution is 5.68. The van der Waals surface area contributed by atoms with Crippen LogP contribution in [0.3, 0.4) is 0 Å². The molecule has 0 aliphatic rings.